The van der Waals surface area contributed by atoms with Gasteiger partial charge in [0.1, 0.15) is 0 Å². The zero-order valence-corrected chi connectivity index (χ0v) is 8.75. The van der Waals surface area contributed by atoms with E-state index in [0.29, 0.717) is 18.2 Å². The lowest BCUT2D eigenvalue weighted by molar-refractivity contribution is -0.0419. The molecule has 1 saturated heterocycles. The van der Waals surface area contributed by atoms with E-state index in [1.165, 1.54) is 0 Å². The van der Waals surface area contributed by atoms with E-state index in [2.05, 4.69) is 19.2 Å². The molecule has 1 aliphatic rings. The molecule has 1 rings (SSSR count). The lowest BCUT2D eigenvalue weighted by Gasteiger charge is -2.32. The Morgan fingerprint density at radius 3 is 2.46 bits per heavy atom. The van der Waals surface area contributed by atoms with Crippen LogP contribution in [-0.4, -0.2) is 31.3 Å². The minimum Gasteiger partial charge on any atom is -0.375 e. The highest BCUT2D eigenvalue weighted by atomic mass is 16.5. The summed E-state index contributed by atoms with van der Waals surface area (Å²) in [6.45, 7) is 6.11. The monoisotopic (exact) mass is 186 g/mol. The third kappa shape index (κ3) is 4.07. The van der Waals surface area contributed by atoms with E-state index in [0.717, 1.165) is 32.4 Å². The lowest BCUT2D eigenvalue weighted by atomic mass is 10.00. The first kappa shape index (κ1) is 11.0. The Balaban J connectivity index is 2.17. The van der Waals surface area contributed by atoms with E-state index < -0.39 is 0 Å². The average Bonchev–Trinajstić information content (AvgIpc) is 2.03. The molecule has 0 aromatic heterocycles. The molecule has 0 aliphatic carbocycles. The molecule has 0 amide bonds. The summed E-state index contributed by atoms with van der Waals surface area (Å²) in [6, 6.07) is 0.630. The Labute approximate surface area is 81.0 Å². The first-order valence-electron chi connectivity index (χ1n) is 5.31. The molecule has 78 valence electrons. The van der Waals surface area contributed by atoms with Crippen molar-refractivity contribution in [1.29, 1.82) is 0 Å². The molecule has 3 N–H and O–H groups in total. The van der Waals surface area contributed by atoms with Gasteiger partial charge in [-0.15, -0.1) is 0 Å². The molecule has 1 fully saturated rings. The van der Waals surface area contributed by atoms with Crippen LogP contribution < -0.4 is 11.1 Å². The van der Waals surface area contributed by atoms with Gasteiger partial charge in [0.15, 0.2) is 0 Å². The molecule has 3 heteroatoms. The van der Waals surface area contributed by atoms with Crippen LogP contribution in [0.5, 0.6) is 0 Å². The number of nitrogens with one attached hydrogen (secondary N) is 1. The summed E-state index contributed by atoms with van der Waals surface area (Å²) in [5, 5.41) is 3.52. The first-order valence-corrected chi connectivity index (χ1v) is 5.31. The molecule has 0 aromatic rings. The van der Waals surface area contributed by atoms with Crippen molar-refractivity contribution in [3.8, 4) is 0 Å². The first-order chi connectivity index (χ1) is 6.22. The fourth-order valence-corrected chi connectivity index (χ4v) is 1.98. The molecule has 0 aromatic carbocycles. The molecule has 3 nitrogen and oxygen atoms in total. The molecule has 0 saturated carbocycles. The van der Waals surface area contributed by atoms with Crippen LogP contribution in [0.25, 0.3) is 0 Å². The fourth-order valence-electron chi connectivity index (χ4n) is 1.98. The minimum atomic E-state index is 0.402. The Bertz CT molecular complexity index is 131. The second kappa shape index (κ2) is 5.58. The third-order valence-corrected chi connectivity index (χ3v) is 2.51. The van der Waals surface area contributed by atoms with Crippen molar-refractivity contribution in [3.05, 3.63) is 0 Å². The van der Waals surface area contributed by atoms with Crippen LogP contribution >= 0.6 is 0 Å². The Kier molecular flexibility index (Phi) is 4.70. The summed E-state index contributed by atoms with van der Waals surface area (Å²) in [7, 11) is 0. The number of hydrogen-bond acceptors (Lipinski definition) is 3. The molecule has 1 heterocycles. The van der Waals surface area contributed by atoms with Crippen molar-refractivity contribution >= 4 is 0 Å². The molecule has 2 unspecified atom stereocenters. The summed E-state index contributed by atoms with van der Waals surface area (Å²) in [4.78, 5) is 0. The molecule has 0 spiro atoms. The minimum absolute atomic E-state index is 0.402. The van der Waals surface area contributed by atoms with Gasteiger partial charge in [-0.1, -0.05) is 0 Å². The zero-order chi connectivity index (χ0) is 9.68. The van der Waals surface area contributed by atoms with Crippen molar-refractivity contribution < 1.29 is 4.74 Å². The number of nitrogens with two attached hydrogens (primary N) is 1. The van der Waals surface area contributed by atoms with Crippen molar-refractivity contribution in [2.45, 2.75) is 51.4 Å². The highest BCUT2D eigenvalue weighted by Crippen LogP contribution is 2.18. The maximum Gasteiger partial charge on any atom is 0.0565 e. The van der Waals surface area contributed by atoms with Crippen LogP contribution in [0.2, 0.25) is 0 Å². The summed E-state index contributed by atoms with van der Waals surface area (Å²) in [5.74, 6) is 0. The van der Waals surface area contributed by atoms with Crippen LogP contribution in [0.1, 0.15) is 33.1 Å². The van der Waals surface area contributed by atoms with Crippen molar-refractivity contribution in [2.75, 3.05) is 13.1 Å². The largest absolute Gasteiger partial charge is 0.375 e. The summed E-state index contributed by atoms with van der Waals surface area (Å²) < 4.78 is 5.66. The van der Waals surface area contributed by atoms with E-state index in [1.807, 2.05) is 0 Å². The average molecular weight is 186 g/mol. The van der Waals surface area contributed by atoms with Gasteiger partial charge in [-0.05, 0) is 46.2 Å². The van der Waals surface area contributed by atoms with Gasteiger partial charge in [0, 0.05) is 6.04 Å². The highest BCUT2D eigenvalue weighted by molar-refractivity contribution is 4.78. The zero-order valence-electron chi connectivity index (χ0n) is 8.75. The molecule has 1 aliphatic heterocycles. The van der Waals surface area contributed by atoms with Crippen molar-refractivity contribution in [3.63, 3.8) is 0 Å². The van der Waals surface area contributed by atoms with Gasteiger partial charge >= 0.3 is 0 Å². The third-order valence-electron chi connectivity index (χ3n) is 2.51. The van der Waals surface area contributed by atoms with Gasteiger partial charge in [0.2, 0.25) is 0 Å². The molecule has 0 bridgehead atoms. The maximum atomic E-state index is 5.66. The Morgan fingerprint density at radius 1 is 1.31 bits per heavy atom. The molecule has 0 radical (unpaired) electrons. The van der Waals surface area contributed by atoms with Gasteiger partial charge < -0.3 is 15.8 Å². The van der Waals surface area contributed by atoms with Gasteiger partial charge in [-0.2, -0.15) is 0 Å². The standard InChI is InChI=1S/C10H22N2O/c1-8-6-10(7-9(2)13-8)12-5-3-4-11/h8-10,12H,3-7,11H2,1-2H3. The predicted molar refractivity (Wildman–Crippen MR) is 54.7 cm³/mol. The van der Waals surface area contributed by atoms with Crippen molar-refractivity contribution in [2.24, 2.45) is 5.73 Å². The van der Waals surface area contributed by atoms with Crippen LogP contribution in [0, 0.1) is 0 Å². The molecular weight excluding hydrogens is 164 g/mol. The van der Waals surface area contributed by atoms with Gasteiger partial charge in [-0.3, -0.25) is 0 Å². The van der Waals surface area contributed by atoms with Crippen LogP contribution in [0.15, 0.2) is 0 Å². The second-order valence-electron chi connectivity index (χ2n) is 4.02. The molecule has 13 heavy (non-hydrogen) atoms. The topological polar surface area (TPSA) is 47.3 Å². The van der Waals surface area contributed by atoms with E-state index in [4.69, 9.17) is 10.5 Å². The number of rotatable bonds is 4. The smallest absolute Gasteiger partial charge is 0.0565 e. The van der Waals surface area contributed by atoms with E-state index >= 15 is 0 Å². The predicted octanol–water partition coefficient (Wildman–Crippen LogP) is 0.881. The van der Waals surface area contributed by atoms with Gasteiger partial charge in [-0.25, -0.2) is 0 Å². The quantitative estimate of drug-likeness (QED) is 0.641. The Morgan fingerprint density at radius 2 is 1.92 bits per heavy atom. The van der Waals surface area contributed by atoms with E-state index in [1.54, 1.807) is 0 Å². The summed E-state index contributed by atoms with van der Waals surface area (Å²) in [6.07, 6.45) is 4.14. The lowest BCUT2D eigenvalue weighted by Crippen LogP contribution is -2.41. The second-order valence-corrected chi connectivity index (χ2v) is 4.02. The van der Waals surface area contributed by atoms with Gasteiger partial charge in [0.25, 0.3) is 0 Å². The van der Waals surface area contributed by atoms with Crippen LogP contribution in [0.3, 0.4) is 0 Å². The summed E-state index contributed by atoms with van der Waals surface area (Å²) >= 11 is 0. The normalized spacial score (nSPS) is 34.8. The SMILES string of the molecule is CC1CC(NCCCN)CC(C)O1. The van der Waals surface area contributed by atoms with Crippen molar-refractivity contribution in [1.82, 2.24) is 5.32 Å². The fraction of sp³-hybridized carbons (Fsp3) is 1.00. The van der Waals surface area contributed by atoms with E-state index in [-0.39, 0.29) is 0 Å². The van der Waals surface area contributed by atoms with Gasteiger partial charge in [0.05, 0.1) is 12.2 Å². The number of hydrogen-bond donors (Lipinski definition) is 2. The number of ether oxygens (including phenoxy) is 1. The van der Waals surface area contributed by atoms with E-state index in [9.17, 15) is 0 Å². The summed E-state index contributed by atoms with van der Waals surface area (Å²) in [5.41, 5.74) is 5.43. The Hall–Kier alpha value is -0.120. The van der Waals surface area contributed by atoms with Crippen LogP contribution in [-0.2, 0) is 4.74 Å². The van der Waals surface area contributed by atoms with Crippen LogP contribution in [0.4, 0.5) is 0 Å². The maximum absolute atomic E-state index is 5.66. The molecule has 2 atom stereocenters. The highest BCUT2D eigenvalue weighted by Gasteiger charge is 2.23. The molecular formula is C10H22N2O.